The van der Waals surface area contributed by atoms with Gasteiger partial charge in [-0.25, -0.2) is 13.1 Å². The van der Waals surface area contributed by atoms with Gasteiger partial charge in [-0.15, -0.1) is 0 Å². The van der Waals surface area contributed by atoms with E-state index in [1.165, 1.54) is 6.33 Å². The summed E-state index contributed by atoms with van der Waals surface area (Å²) in [6.45, 7) is 4.17. The highest BCUT2D eigenvalue weighted by Crippen LogP contribution is 2.20. The summed E-state index contributed by atoms with van der Waals surface area (Å²) in [5.74, 6) is 0.390. The Kier molecular flexibility index (Phi) is 4.71. The molecule has 0 unspecified atom stereocenters. The highest BCUT2D eigenvalue weighted by atomic mass is 32.2. The van der Waals surface area contributed by atoms with E-state index in [0.29, 0.717) is 24.4 Å². The Morgan fingerprint density at radius 1 is 1.29 bits per heavy atom. The van der Waals surface area contributed by atoms with Crippen molar-refractivity contribution < 1.29 is 12.9 Å². The standard InChI is InChI=1S/C13H18N4O3S/c1-9-5-10(2)12(6-11(9)7-14)21(18,19)17-4-3-13-15-8-16-20-13/h5-6,8,17H,3-4,7,14H2,1-2H3. The van der Waals surface area contributed by atoms with Crippen LogP contribution in [0.3, 0.4) is 0 Å². The minimum Gasteiger partial charge on any atom is -0.340 e. The molecule has 1 aromatic carbocycles. The molecule has 1 aromatic heterocycles. The minimum atomic E-state index is -3.59. The summed E-state index contributed by atoms with van der Waals surface area (Å²) < 4.78 is 32.0. The molecule has 3 N–H and O–H groups in total. The lowest BCUT2D eigenvalue weighted by Gasteiger charge is -2.12. The van der Waals surface area contributed by atoms with Gasteiger partial charge in [0.25, 0.3) is 0 Å². The van der Waals surface area contributed by atoms with Crippen molar-refractivity contribution in [3.05, 3.63) is 41.0 Å². The molecule has 0 aliphatic carbocycles. The van der Waals surface area contributed by atoms with E-state index in [9.17, 15) is 8.42 Å². The molecule has 2 rings (SSSR count). The molecule has 0 saturated carbocycles. The smallest absolute Gasteiger partial charge is 0.240 e. The van der Waals surface area contributed by atoms with E-state index in [2.05, 4.69) is 14.9 Å². The van der Waals surface area contributed by atoms with Gasteiger partial charge in [0.15, 0.2) is 6.33 Å². The van der Waals surface area contributed by atoms with Crippen molar-refractivity contribution in [3.8, 4) is 0 Å². The molecule has 0 bridgehead atoms. The largest absolute Gasteiger partial charge is 0.340 e. The second-order valence-electron chi connectivity index (χ2n) is 4.73. The van der Waals surface area contributed by atoms with Gasteiger partial charge in [-0.2, -0.15) is 4.98 Å². The topological polar surface area (TPSA) is 111 Å². The van der Waals surface area contributed by atoms with Crippen LogP contribution in [-0.4, -0.2) is 25.1 Å². The molecule has 0 amide bonds. The molecule has 0 saturated heterocycles. The predicted octanol–water partition coefficient (Wildman–Crippen LogP) is 0.666. The molecule has 21 heavy (non-hydrogen) atoms. The van der Waals surface area contributed by atoms with Crippen molar-refractivity contribution in [2.45, 2.75) is 31.7 Å². The molecule has 8 heteroatoms. The van der Waals surface area contributed by atoms with Gasteiger partial charge < -0.3 is 10.3 Å². The van der Waals surface area contributed by atoms with Crippen LogP contribution in [0.15, 0.2) is 27.9 Å². The third kappa shape index (κ3) is 3.66. The first-order chi connectivity index (χ1) is 9.94. The van der Waals surface area contributed by atoms with Crippen molar-refractivity contribution in [1.82, 2.24) is 14.9 Å². The van der Waals surface area contributed by atoms with Crippen molar-refractivity contribution in [1.29, 1.82) is 0 Å². The quantitative estimate of drug-likeness (QED) is 0.811. The number of sulfonamides is 1. The molecule has 7 nitrogen and oxygen atoms in total. The van der Waals surface area contributed by atoms with Gasteiger partial charge in [-0.1, -0.05) is 11.2 Å². The zero-order chi connectivity index (χ0) is 15.5. The fraction of sp³-hybridized carbons (Fsp3) is 0.385. The number of benzene rings is 1. The summed E-state index contributed by atoms with van der Waals surface area (Å²) in [5.41, 5.74) is 8.13. The average molecular weight is 310 g/mol. The van der Waals surface area contributed by atoms with E-state index >= 15 is 0 Å². The van der Waals surface area contributed by atoms with Gasteiger partial charge in [0.1, 0.15) is 0 Å². The number of hydrogen-bond donors (Lipinski definition) is 2. The predicted molar refractivity (Wildman–Crippen MR) is 77.0 cm³/mol. The number of nitrogens with zero attached hydrogens (tertiary/aromatic N) is 2. The number of nitrogens with one attached hydrogen (secondary N) is 1. The lowest BCUT2D eigenvalue weighted by Crippen LogP contribution is -2.27. The molecule has 1 heterocycles. The molecular weight excluding hydrogens is 292 g/mol. The Hall–Kier alpha value is -1.77. The van der Waals surface area contributed by atoms with Crippen molar-refractivity contribution in [2.75, 3.05) is 6.54 Å². The fourth-order valence-electron chi connectivity index (χ4n) is 2.06. The minimum absolute atomic E-state index is 0.190. The molecule has 0 atom stereocenters. The van der Waals surface area contributed by atoms with Crippen LogP contribution in [0.5, 0.6) is 0 Å². The normalized spacial score (nSPS) is 11.8. The van der Waals surface area contributed by atoms with E-state index in [0.717, 1.165) is 11.1 Å². The highest BCUT2D eigenvalue weighted by Gasteiger charge is 2.18. The van der Waals surface area contributed by atoms with Gasteiger partial charge in [-0.3, -0.25) is 0 Å². The number of aromatic nitrogens is 2. The number of nitrogens with two attached hydrogens (primary N) is 1. The van der Waals surface area contributed by atoms with E-state index in [1.54, 1.807) is 13.0 Å². The van der Waals surface area contributed by atoms with Crippen molar-refractivity contribution in [2.24, 2.45) is 5.73 Å². The first-order valence-electron chi connectivity index (χ1n) is 6.49. The lowest BCUT2D eigenvalue weighted by atomic mass is 10.1. The Morgan fingerprint density at radius 3 is 2.67 bits per heavy atom. The SMILES string of the molecule is Cc1cc(C)c(S(=O)(=O)NCCc2ncno2)cc1CN. The molecule has 2 aromatic rings. The van der Waals surface area contributed by atoms with Crippen LogP contribution in [-0.2, 0) is 23.0 Å². The maximum absolute atomic E-state index is 12.3. The van der Waals surface area contributed by atoms with Gasteiger partial charge in [0, 0.05) is 19.5 Å². The Bertz CT molecular complexity index is 711. The average Bonchev–Trinajstić information content (AvgIpc) is 2.91. The zero-order valence-corrected chi connectivity index (χ0v) is 12.8. The molecule has 0 fully saturated rings. The maximum atomic E-state index is 12.3. The lowest BCUT2D eigenvalue weighted by molar-refractivity contribution is 0.377. The van der Waals surface area contributed by atoms with Crippen molar-refractivity contribution >= 4 is 10.0 Å². The Balaban J connectivity index is 2.15. The zero-order valence-electron chi connectivity index (χ0n) is 12.0. The monoisotopic (exact) mass is 310 g/mol. The van der Waals surface area contributed by atoms with E-state index < -0.39 is 10.0 Å². The van der Waals surface area contributed by atoms with Crippen LogP contribution < -0.4 is 10.5 Å². The summed E-state index contributed by atoms with van der Waals surface area (Å²) >= 11 is 0. The number of aryl methyl sites for hydroxylation is 2. The summed E-state index contributed by atoms with van der Waals surface area (Å²) in [7, 11) is -3.59. The third-order valence-corrected chi connectivity index (χ3v) is 4.78. The molecule has 0 radical (unpaired) electrons. The van der Waals surface area contributed by atoms with E-state index in [-0.39, 0.29) is 11.4 Å². The summed E-state index contributed by atoms with van der Waals surface area (Å²) in [6.07, 6.45) is 1.62. The van der Waals surface area contributed by atoms with E-state index in [1.807, 2.05) is 13.0 Å². The van der Waals surface area contributed by atoms with Crippen LogP contribution in [0.2, 0.25) is 0 Å². The van der Waals surface area contributed by atoms with Crippen LogP contribution in [0.25, 0.3) is 0 Å². The van der Waals surface area contributed by atoms with Gasteiger partial charge in [0.05, 0.1) is 4.90 Å². The molecule has 0 spiro atoms. The van der Waals surface area contributed by atoms with Gasteiger partial charge >= 0.3 is 0 Å². The van der Waals surface area contributed by atoms with E-state index in [4.69, 9.17) is 10.3 Å². The van der Waals surface area contributed by atoms with Crippen LogP contribution in [0.4, 0.5) is 0 Å². The number of rotatable bonds is 6. The Morgan fingerprint density at radius 2 is 2.05 bits per heavy atom. The Labute approximate surface area is 123 Å². The van der Waals surface area contributed by atoms with Crippen molar-refractivity contribution in [3.63, 3.8) is 0 Å². The molecule has 114 valence electrons. The summed E-state index contributed by atoms with van der Waals surface area (Å²) in [6, 6.07) is 3.45. The maximum Gasteiger partial charge on any atom is 0.240 e. The first-order valence-corrected chi connectivity index (χ1v) is 7.98. The summed E-state index contributed by atoms with van der Waals surface area (Å²) in [5, 5.41) is 3.46. The molecular formula is C13H18N4O3S. The van der Waals surface area contributed by atoms with Gasteiger partial charge in [-0.05, 0) is 36.6 Å². The summed E-state index contributed by atoms with van der Waals surface area (Å²) in [4.78, 5) is 4.09. The van der Waals surface area contributed by atoms with Crippen LogP contribution >= 0.6 is 0 Å². The third-order valence-electron chi connectivity index (χ3n) is 3.18. The number of hydrogen-bond acceptors (Lipinski definition) is 6. The molecule has 0 aliphatic heterocycles. The first kappa shape index (κ1) is 15.6. The molecule has 0 aliphatic rings. The second kappa shape index (κ2) is 6.33. The van der Waals surface area contributed by atoms with Crippen LogP contribution in [0, 0.1) is 13.8 Å². The van der Waals surface area contributed by atoms with Gasteiger partial charge in [0.2, 0.25) is 15.9 Å². The highest BCUT2D eigenvalue weighted by molar-refractivity contribution is 7.89. The fourth-order valence-corrected chi connectivity index (χ4v) is 3.37. The van der Waals surface area contributed by atoms with Crippen LogP contribution in [0.1, 0.15) is 22.6 Å². The second-order valence-corrected chi connectivity index (χ2v) is 6.47.